The summed E-state index contributed by atoms with van der Waals surface area (Å²) in [7, 11) is 3.99. The highest BCUT2D eigenvalue weighted by atomic mass is 16.2. The Bertz CT molecular complexity index is 911. The fourth-order valence-corrected chi connectivity index (χ4v) is 2.67. The molecule has 3 aromatic rings. The topological polar surface area (TPSA) is 62.5 Å². The van der Waals surface area contributed by atoms with Crippen LogP contribution in [0.3, 0.4) is 0 Å². The molecule has 6 nitrogen and oxygen atoms in total. The second-order valence-corrected chi connectivity index (χ2v) is 6.51. The van der Waals surface area contributed by atoms with Gasteiger partial charge in [0, 0.05) is 26.3 Å². The number of imidazole rings is 1. The van der Waals surface area contributed by atoms with E-state index < -0.39 is 0 Å². The minimum atomic E-state index is -0.221. The average Bonchev–Trinajstić information content (AvgIpc) is 3.05. The van der Waals surface area contributed by atoms with Crippen molar-refractivity contribution < 1.29 is 4.79 Å². The van der Waals surface area contributed by atoms with Crippen LogP contribution in [0, 0.1) is 5.92 Å². The number of nitrogens with zero attached hydrogens (tertiary/aromatic N) is 4. The molecule has 0 spiro atoms. The summed E-state index contributed by atoms with van der Waals surface area (Å²) in [5.74, 6) is -0.343. The Morgan fingerprint density at radius 2 is 1.96 bits per heavy atom. The molecule has 26 heavy (non-hydrogen) atoms. The van der Waals surface area contributed by atoms with Crippen LogP contribution in [0.5, 0.6) is 0 Å². The van der Waals surface area contributed by atoms with E-state index in [0.29, 0.717) is 6.54 Å². The molecule has 0 saturated carbocycles. The second-order valence-electron chi connectivity index (χ2n) is 6.51. The van der Waals surface area contributed by atoms with Gasteiger partial charge in [-0.3, -0.25) is 4.79 Å². The zero-order chi connectivity index (χ0) is 18.5. The molecule has 0 aliphatic rings. The number of aromatic nitrogens is 2. The number of rotatable bonds is 6. The summed E-state index contributed by atoms with van der Waals surface area (Å²) in [6.07, 6.45) is 3.42. The van der Waals surface area contributed by atoms with Crippen LogP contribution in [0.4, 0.5) is 5.69 Å². The molecule has 6 heteroatoms. The molecule has 0 aliphatic carbocycles. The van der Waals surface area contributed by atoms with Gasteiger partial charge in [-0.05, 0) is 29.8 Å². The Balaban J connectivity index is 1.57. The third-order valence-electron chi connectivity index (χ3n) is 4.24. The molecule has 3 rings (SSSR count). The number of carbonyl (C=O) groups excluding carboxylic acids is 1. The van der Waals surface area contributed by atoms with Crippen molar-refractivity contribution >= 4 is 28.8 Å². The van der Waals surface area contributed by atoms with E-state index in [9.17, 15) is 4.79 Å². The van der Waals surface area contributed by atoms with Gasteiger partial charge in [-0.2, -0.15) is 5.10 Å². The molecule has 2 aromatic carbocycles. The Kier molecular flexibility index (Phi) is 5.31. The zero-order valence-corrected chi connectivity index (χ0v) is 15.3. The maximum atomic E-state index is 12.3. The summed E-state index contributed by atoms with van der Waals surface area (Å²) in [4.78, 5) is 18.7. The first kappa shape index (κ1) is 17.7. The first-order chi connectivity index (χ1) is 12.5. The van der Waals surface area contributed by atoms with Gasteiger partial charge >= 0.3 is 0 Å². The molecule has 0 radical (unpaired) electrons. The Morgan fingerprint density at radius 1 is 1.23 bits per heavy atom. The number of para-hydroxylation sites is 2. The number of hydrogen-bond acceptors (Lipinski definition) is 4. The number of amides is 1. The van der Waals surface area contributed by atoms with Crippen LogP contribution in [-0.4, -0.2) is 35.8 Å². The van der Waals surface area contributed by atoms with Crippen LogP contribution in [-0.2, 0) is 11.3 Å². The summed E-state index contributed by atoms with van der Waals surface area (Å²) < 4.78 is 1.99. The van der Waals surface area contributed by atoms with Crippen molar-refractivity contribution in [2.24, 2.45) is 11.0 Å². The first-order valence-electron chi connectivity index (χ1n) is 8.55. The van der Waals surface area contributed by atoms with Crippen LogP contribution >= 0.6 is 0 Å². The minimum Gasteiger partial charge on any atom is -0.378 e. The van der Waals surface area contributed by atoms with Gasteiger partial charge in [-0.1, -0.05) is 31.2 Å². The maximum Gasteiger partial charge on any atom is 0.244 e. The van der Waals surface area contributed by atoms with Crippen molar-refractivity contribution in [2.75, 3.05) is 19.0 Å². The van der Waals surface area contributed by atoms with Gasteiger partial charge in [0.2, 0.25) is 5.91 Å². The average molecular weight is 349 g/mol. The molecule has 0 fully saturated rings. The van der Waals surface area contributed by atoms with E-state index in [0.717, 1.165) is 22.3 Å². The lowest BCUT2D eigenvalue weighted by molar-refractivity contribution is -0.124. The lowest BCUT2D eigenvalue weighted by Gasteiger charge is -2.12. The molecular weight excluding hydrogens is 326 g/mol. The van der Waals surface area contributed by atoms with Gasteiger partial charge in [0.05, 0.1) is 29.5 Å². The highest BCUT2D eigenvalue weighted by molar-refractivity contribution is 5.83. The molecule has 0 aliphatic heterocycles. The lowest BCUT2D eigenvalue weighted by atomic mass is 10.1. The normalized spacial score (nSPS) is 12.4. The second kappa shape index (κ2) is 7.82. The summed E-state index contributed by atoms with van der Waals surface area (Å²) >= 11 is 0. The third-order valence-corrected chi connectivity index (χ3v) is 4.24. The van der Waals surface area contributed by atoms with Crippen molar-refractivity contribution in [1.29, 1.82) is 0 Å². The van der Waals surface area contributed by atoms with Crippen LogP contribution < -0.4 is 10.3 Å². The fourth-order valence-electron chi connectivity index (χ4n) is 2.67. The zero-order valence-electron chi connectivity index (χ0n) is 15.3. The summed E-state index contributed by atoms with van der Waals surface area (Å²) in [5, 5.41) is 4.07. The summed E-state index contributed by atoms with van der Waals surface area (Å²) in [6.45, 7) is 2.44. The molecule has 1 unspecified atom stereocenters. The SMILES string of the molecule is CC(Cn1cnc2ccccc21)C(=O)NN=Cc1ccc(N(C)C)cc1. The predicted octanol–water partition coefficient (Wildman–Crippen LogP) is 2.89. The summed E-state index contributed by atoms with van der Waals surface area (Å²) in [6, 6.07) is 15.8. The number of anilines is 1. The molecule has 1 heterocycles. The fraction of sp³-hybridized carbons (Fsp3) is 0.250. The van der Waals surface area contributed by atoms with E-state index in [1.807, 2.05) is 79.0 Å². The van der Waals surface area contributed by atoms with E-state index in [1.54, 1.807) is 12.5 Å². The monoisotopic (exact) mass is 349 g/mol. The number of fused-ring (bicyclic) bond motifs is 1. The van der Waals surface area contributed by atoms with E-state index in [4.69, 9.17) is 0 Å². The highest BCUT2D eigenvalue weighted by Crippen LogP contribution is 2.14. The molecule has 1 aromatic heterocycles. The number of hydrogen-bond donors (Lipinski definition) is 1. The molecule has 134 valence electrons. The number of benzene rings is 2. The van der Waals surface area contributed by atoms with E-state index in [-0.39, 0.29) is 11.8 Å². The predicted molar refractivity (Wildman–Crippen MR) is 105 cm³/mol. The number of carbonyl (C=O) groups is 1. The van der Waals surface area contributed by atoms with Crippen LogP contribution in [0.2, 0.25) is 0 Å². The van der Waals surface area contributed by atoms with Gasteiger partial charge in [0.1, 0.15) is 0 Å². The quantitative estimate of drug-likeness (QED) is 0.550. The van der Waals surface area contributed by atoms with Crippen molar-refractivity contribution in [3.05, 3.63) is 60.4 Å². The standard InChI is InChI=1S/C20H23N5O/c1-15(13-25-14-21-18-6-4-5-7-19(18)25)20(26)23-22-12-16-8-10-17(11-9-16)24(2)3/h4-12,14-15H,13H2,1-3H3,(H,23,26). The Morgan fingerprint density at radius 3 is 2.69 bits per heavy atom. The van der Waals surface area contributed by atoms with Crippen molar-refractivity contribution in [3.8, 4) is 0 Å². The van der Waals surface area contributed by atoms with E-state index in [1.165, 1.54) is 0 Å². The minimum absolute atomic E-state index is 0.121. The van der Waals surface area contributed by atoms with Crippen molar-refractivity contribution in [2.45, 2.75) is 13.5 Å². The van der Waals surface area contributed by atoms with Gasteiger partial charge in [-0.25, -0.2) is 10.4 Å². The van der Waals surface area contributed by atoms with E-state index in [2.05, 4.69) is 15.5 Å². The van der Waals surface area contributed by atoms with Crippen LogP contribution in [0.15, 0.2) is 60.0 Å². The maximum absolute atomic E-state index is 12.3. The first-order valence-corrected chi connectivity index (χ1v) is 8.55. The Labute approximate surface area is 153 Å². The van der Waals surface area contributed by atoms with Gasteiger partial charge in [-0.15, -0.1) is 0 Å². The molecule has 1 atom stereocenters. The number of hydrazone groups is 1. The largest absolute Gasteiger partial charge is 0.378 e. The highest BCUT2D eigenvalue weighted by Gasteiger charge is 2.14. The van der Waals surface area contributed by atoms with Gasteiger partial charge in [0.15, 0.2) is 0 Å². The molecule has 1 N–H and O–H groups in total. The van der Waals surface area contributed by atoms with Gasteiger partial charge in [0.25, 0.3) is 0 Å². The van der Waals surface area contributed by atoms with Crippen molar-refractivity contribution in [3.63, 3.8) is 0 Å². The number of nitrogens with one attached hydrogen (secondary N) is 1. The molecule has 0 saturated heterocycles. The van der Waals surface area contributed by atoms with Crippen LogP contribution in [0.25, 0.3) is 11.0 Å². The Hall–Kier alpha value is -3.15. The van der Waals surface area contributed by atoms with E-state index >= 15 is 0 Å². The smallest absolute Gasteiger partial charge is 0.244 e. The molecule has 1 amide bonds. The summed E-state index contributed by atoms with van der Waals surface area (Å²) in [5.41, 5.74) is 6.62. The van der Waals surface area contributed by atoms with Crippen LogP contribution in [0.1, 0.15) is 12.5 Å². The lowest BCUT2D eigenvalue weighted by Crippen LogP contribution is -2.27. The molecule has 0 bridgehead atoms. The third kappa shape index (κ3) is 4.08. The molecular formula is C20H23N5O. The van der Waals surface area contributed by atoms with Crippen molar-refractivity contribution in [1.82, 2.24) is 15.0 Å². The van der Waals surface area contributed by atoms with Gasteiger partial charge < -0.3 is 9.47 Å².